The van der Waals surface area contributed by atoms with E-state index in [4.69, 9.17) is 11.6 Å². The van der Waals surface area contributed by atoms with E-state index in [0.717, 1.165) is 42.8 Å². The maximum atomic E-state index is 6.08. The number of para-hydroxylation sites is 2. The van der Waals surface area contributed by atoms with Crippen molar-refractivity contribution in [1.29, 1.82) is 0 Å². The third kappa shape index (κ3) is 4.35. The topological polar surface area (TPSA) is 40.2 Å². The molecule has 1 aromatic heterocycles. The van der Waals surface area contributed by atoms with Gasteiger partial charge in [-0.3, -0.25) is 4.98 Å². The highest BCUT2D eigenvalue weighted by Gasteiger charge is 2.22. The van der Waals surface area contributed by atoms with Gasteiger partial charge in [0.1, 0.15) is 0 Å². The van der Waals surface area contributed by atoms with Crippen molar-refractivity contribution in [1.82, 2.24) is 10.3 Å². The van der Waals surface area contributed by atoms with E-state index in [0.29, 0.717) is 5.02 Å². The normalized spacial score (nSPS) is 12.5. The molecule has 4 nitrogen and oxygen atoms in total. The minimum Gasteiger partial charge on any atom is -0.383 e. The van der Waals surface area contributed by atoms with Crippen molar-refractivity contribution < 1.29 is 0 Å². The lowest BCUT2D eigenvalue weighted by Crippen LogP contribution is -2.32. The molecule has 0 bridgehead atoms. The van der Waals surface area contributed by atoms with Gasteiger partial charge in [0.15, 0.2) is 0 Å². The largest absolute Gasteiger partial charge is 0.383 e. The summed E-state index contributed by atoms with van der Waals surface area (Å²) in [4.78, 5) is 9.45. The number of fused-ring (bicyclic) bond motifs is 3. The molecule has 0 spiro atoms. The summed E-state index contributed by atoms with van der Waals surface area (Å²) in [6.45, 7) is 3.54. The number of nitrogens with one attached hydrogen (secondary N) is 2. The molecule has 0 aliphatic carbocycles. The van der Waals surface area contributed by atoms with Crippen molar-refractivity contribution in [2.24, 2.45) is 0 Å². The fourth-order valence-electron chi connectivity index (χ4n) is 3.90. The Labute approximate surface area is 191 Å². The summed E-state index contributed by atoms with van der Waals surface area (Å²) in [5.74, 6) is 0. The Bertz CT molecular complexity index is 1170. The molecular formula is C25H23ClN4S. The highest BCUT2D eigenvalue weighted by molar-refractivity contribution is 7.99. The van der Waals surface area contributed by atoms with Crippen molar-refractivity contribution >= 4 is 51.3 Å². The van der Waals surface area contributed by atoms with Gasteiger partial charge in [0.05, 0.1) is 16.9 Å². The number of nitrogens with zero attached hydrogens (tertiary/aromatic N) is 2. The number of hydrogen-bond donors (Lipinski definition) is 2. The second-order valence-corrected chi connectivity index (χ2v) is 8.91. The minimum atomic E-state index is 0.707. The molecule has 6 heteroatoms. The molecule has 5 rings (SSSR count). The van der Waals surface area contributed by atoms with Gasteiger partial charge in [-0.05, 0) is 48.5 Å². The number of rotatable bonds is 7. The zero-order valence-electron chi connectivity index (χ0n) is 17.0. The number of hydrogen-bond acceptors (Lipinski definition) is 5. The zero-order valence-corrected chi connectivity index (χ0v) is 18.6. The van der Waals surface area contributed by atoms with Crippen molar-refractivity contribution in [2.45, 2.75) is 9.79 Å². The lowest BCUT2D eigenvalue weighted by Gasteiger charge is -2.32. The van der Waals surface area contributed by atoms with Gasteiger partial charge in [-0.15, -0.1) is 0 Å². The number of anilines is 3. The van der Waals surface area contributed by atoms with Gasteiger partial charge in [0.25, 0.3) is 0 Å². The minimum absolute atomic E-state index is 0.707. The highest BCUT2D eigenvalue weighted by atomic mass is 35.5. The second kappa shape index (κ2) is 9.18. The summed E-state index contributed by atoms with van der Waals surface area (Å²) in [6.07, 6.45) is 1.82. The first kappa shape index (κ1) is 20.2. The molecule has 1 aliphatic heterocycles. The molecule has 2 heterocycles. The van der Waals surface area contributed by atoms with E-state index in [2.05, 4.69) is 69.0 Å². The predicted octanol–water partition coefficient (Wildman–Crippen LogP) is 6.19. The van der Waals surface area contributed by atoms with Crippen LogP contribution in [0.4, 0.5) is 17.1 Å². The first-order chi connectivity index (χ1) is 15.3. The van der Waals surface area contributed by atoms with Crippen LogP contribution in [-0.2, 0) is 0 Å². The fourth-order valence-corrected chi connectivity index (χ4v) is 5.16. The van der Waals surface area contributed by atoms with Crippen LogP contribution in [0.5, 0.6) is 0 Å². The summed E-state index contributed by atoms with van der Waals surface area (Å²) in [5.41, 5.74) is 4.56. The van der Waals surface area contributed by atoms with Gasteiger partial charge in [-0.2, -0.15) is 0 Å². The number of pyridine rings is 1. The molecule has 1 aliphatic rings. The van der Waals surface area contributed by atoms with Gasteiger partial charge >= 0.3 is 0 Å². The van der Waals surface area contributed by atoms with Crippen LogP contribution in [0.15, 0.2) is 88.8 Å². The molecule has 0 saturated carbocycles. The molecule has 3 aromatic carbocycles. The quantitative estimate of drug-likeness (QED) is 0.331. The Balaban J connectivity index is 1.18. The fraction of sp³-hybridized carbons (Fsp3) is 0.160. The van der Waals surface area contributed by atoms with E-state index in [1.165, 1.54) is 21.2 Å². The molecule has 156 valence electrons. The molecule has 4 aromatic rings. The lowest BCUT2D eigenvalue weighted by atomic mass is 10.2. The predicted molar refractivity (Wildman–Crippen MR) is 132 cm³/mol. The van der Waals surface area contributed by atoms with Gasteiger partial charge in [-0.1, -0.05) is 47.6 Å². The lowest BCUT2D eigenvalue weighted by molar-refractivity contribution is 0.696. The molecule has 0 unspecified atom stereocenters. The Kier molecular flexibility index (Phi) is 5.98. The summed E-state index contributed by atoms with van der Waals surface area (Å²) >= 11 is 7.93. The van der Waals surface area contributed by atoms with E-state index < -0.39 is 0 Å². The SMILES string of the molecule is Clc1ccc2c(NCCNCCN3c4ccccc4Sc4ccccc43)ccnc2c1. The number of aromatic nitrogens is 1. The summed E-state index contributed by atoms with van der Waals surface area (Å²) in [6, 6.07) is 25.1. The second-order valence-electron chi connectivity index (χ2n) is 7.39. The molecule has 0 saturated heterocycles. The van der Waals surface area contributed by atoms with Crippen LogP contribution in [0.3, 0.4) is 0 Å². The first-order valence-corrected chi connectivity index (χ1v) is 11.6. The van der Waals surface area contributed by atoms with E-state index in [1.54, 1.807) is 0 Å². The van der Waals surface area contributed by atoms with Gasteiger partial charge in [0, 0.05) is 58.3 Å². The average Bonchev–Trinajstić information content (AvgIpc) is 2.80. The van der Waals surface area contributed by atoms with Crippen LogP contribution in [0, 0.1) is 0 Å². The smallest absolute Gasteiger partial charge is 0.0737 e. The molecule has 0 radical (unpaired) electrons. The zero-order chi connectivity index (χ0) is 21.0. The third-order valence-corrected chi connectivity index (χ3v) is 6.73. The van der Waals surface area contributed by atoms with Crippen molar-refractivity contribution in [3.05, 3.63) is 84.0 Å². The Morgan fingerprint density at radius 1 is 0.839 bits per heavy atom. The van der Waals surface area contributed by atoms with Crippen LogP contribution in [0.2, 0.25) is 5.02 Å². The van der Waals surface area contributed by atoms with Gasteiger partial charge in [-0.25, -0.2) is 0 Å². The average molecular weight is 447 g/mol. The van der Waals surface area contributed by atoms with Crippen LogP contribution >= 0.6 is 23.4 Å². The van der Waals surface area contributed by atoms with Crippen molar-refractivity contribution in [2.75, 3.05) is 36.4 Å². The molecule has 0 amide bonds. The number of halogens is 1. The van der Waals surface area contributed by atoms with Crippen LogP contribution in [-0.4, -0.2) is 31.2 Å². The molecule has 31 heavy (non-hydrogen) atoms. The Morgan fingerprint density at radius 2 is 1.58 bits per heavy atom. The van der Waals surface area contributed by atoms with E-state index >= 15 is 0 Å². The molecule has 2 N–H and O–H groups in total. The molecule has 0 atom stereocenters. The maximum Gasteiger partial charge on any atom is 0.0737 e. The van der Waals surface area contributed by atoms with Crippen LogP contribution < -0.4 is 15.5 Å². The Hall–Kier alpha value is -2.73. The summed E-state index contributed by atoms with van der Waals surface area (Å²) < 4.78 is 0. The monoisotopic (exact) mass is 446 g/mol. The van der Waals surface area contributed by atoms with E-state index in [9.17, 15) is 0 Å². The molecular weight excluding hydrogens is 424 g/mol. The maximum absolute atomic E-state index is 6.08. The standard InChI is InChI=1S/C25H23ClN4S/c26-18-9-10-19-20(11-12-28-21(19)17-18)29-14-13-27-15-16-30-22-5-1-3-7-24(22)31-25-8-4-2-6-23(25)30/h1-12,17,27H,13-16H2,(H,28,29). The van der Waals surface area contributed by atoms with Crippen molar-refractivity contribution in [3.8, 4) is 0 Å². The van der Waals surface area contributed by atoms with Crippen molar-refractivity contribution in [3.63, 3.8) is 0 Å². The van der Waals surface area contributed by atoms with Crippen LogP contribution in [0.25, 0.3) is 10.9 Å². The van der Waals surface area contributed by atoms with Gasteiger partial charge in [0.2, 0.25) is 0 Å². The highest BCUT2D eigenvalue weighted by Crippen LogP contribution is 2.47. The number of benzene rings is 3. The van der Waals surface area contributed by atoms with Crippen LogP contribution in [0.1, 0.15) is 0 Å². The van der Waals surface area contributed by atoms with Gasteiger partial charge < -0.3 is 15.5 Å². The summed E-state index contributed by atoms with van der Waals surface area (Å²) in [5, 5.41) is 8.88. The third-order valence-electron chi connectivity index (χ3n) is 5.37. The first-order valence-electron chi connectivity index (χ1n) is 10.4. The summed E-state index contributed by atoms with van der Waals surface area (Å²) in [7, 11) is 0. The van der Waals surface area contributed by atoms with E-state index in [1.807, 2.05) is 42.2 Å². The Morgan fingerprint density at radius 3 is 2.35 bits per heavy atom. The van der Waals surface area contributed by atoms with E-state index in [-0.39, 0.29) is 0 Å². The molecule has 0 fully saturated rings.